The molecule has 0 saturated carbocycles. The maximum absolute atomic E-state index is 4.66. The third-order valence-electron chi connectivity index (χ3n) is 3.46. The van der Waals surface area contributed by atoms with Gasteiger partial charge in [0.1, 0.15) is 0 Å². The normalized spacial score (nSPS) is 15.1. The van der Waals surface area contributed by atoms with Gasteiger partial charge in [0.2, 0.25) is 0 Å². The predicted molar refractivity (Wildman–Crippen MR) is 75.8 cm³/mol. The number of unbranched alkanes of at least 4 members (excludes halogenated alkanes) is 3. The third-order valence-corrected chi connectivity index (χ3v) is 3.46. The number of nitrogens with zero attached hydrogens (tertiary/aromatic N) is 1. The van der Waals surface area contributed by atoms with E-state index in [4.69, 9.17) is 0 Å². The molecule has 1 heterocycles. The second-order valence-corrected chi connectivity index (χ2v) is 5.02. The van der Waals surface area contributed by atoms with Crippen molar-refractivity contribution in [1.29, 1.82) is 0 Å². The summed E-state index contributed by atoms with van der Waals surface area (Å²) in [6.45, 7) is 6.79. The maximum Gasteiger partial charge on any atom is 0.0438 e. The summed E-state index contributed by atoms with van der Waals surface area (Å²) in [5.74, 6) is 0. The lowest BCUT2D eigenvalue weighted by Gasteiger charge is -2.09. The second-order valence-electron chi connectivity index (χ2n) is 5.02. The largest absolute Gasteiger partial charge is 0.261 e. The van der Waals surface area contributed by atoms with Gasteiger partial charge in [0, 0.05) is 11.9 Å². The zero-order valence-electron chi connectivity index (χ0n) is 11.9. The first kappa shape index (κ1) is 14.3. The van der Waals surface area contributed by atoms with Gasteiger partial charge in [-0.25, -0.2) is 0 Å². The van der Waals surface area contributed by atoms with E-state index in [0.29, 0.717) is 0 Å². The SMILES string of the molecule is CCCCC1=C[N]C(CCCC)=C1CCCC. The van der Waals surface area contributed by atoms with Crippen molar-refractivity contribution >= 4 is 0 Å². The molecule has 0 amide bonds. The molecule has 0 atom stereocenters. The van der Waals surface area contributed by atoms with Gasteiger partial charge in [-0.05, 0) is 49.7 Å². The highest BCUT2D eigenvalue weighted by atomic mass is 14.9. The van der Waals surface area contributed by atoms with E-state index in [0.717, 1.165) is 0 Å². The molecule has 1 aliphatic heterocycles. The zero-order chi connectivity index (χ0) is 12.5. The van der Waals surface area contributed by atoms with Crippen molar-refractivity contribution in [3.63, 3.8) is 0 Å². The van der Waals surface area contributed by atoms with Crippen molar-refractivity contribution in [2.75, 3.05) is 0 Å². The highest BCUT2D eigenvalue weighted by Crippen LogP contribution is 2.31. The molecule has 0 unspecified atom stereocenters. The van der Waals surface area contributed by atoms with E-state index in [9.17, 15) is 0 Å². The van der Waals surface area contributed by atoms with Crippen LogP contribution in [-0.4, -0.2) is 0 Å². The molecule has 0 N–H and O–H groups in total. The molecule has 0 spiro atoms. The highest BCUT2D eigenvalue weighted by Gasteiger charge is 2.17. The molecule has 1 aliphatic rings. The quantitative estimate of drug-likeness (QED) is 0.513. The fourth-order valence-electron chi connectivity index (χ4n) is 2.30. The predicted octanol–water partition coefficient (Wildman–Crippen LogP) is 5.31. The monoisotopic (exact) mass is 234 g/mol. The van der Waals surface area contributed by atoms with Gasteiger partial charge in [0.25, 0.3) is 0 Å². The Morgan fingerprint density at radius 3 is 2.06 bits per heavy atom. The van der Waals surface area contributed by atoms with Crippen LogP contribution in [0.3, 0.4) is 0 Å². The Morgan fingerprint density at radius 2 is 1.41 bits per heavy atom. The van der Waals surface area contributed by atoms with Gasteiger partial charge < -0.3 is 0 Å². The van der Waals surface area contributed by atoms with Gasteiger partial charge in [0.05, 0.1) is 0 Å². The minimum Gasteiger partial charge on any atom is -0.261 e. The molecule has 0 aromatic carbocycles. The van der Waals surface area contributed by atoms with Crippen LogP contribution < -0.4 is 5.32 Å². The maximum atomic E-state index is 4.66. The van der Waals surface area contributed by atoms with Crippen LogP contribution in [0.15, 0.2) is 23.0 Å². The van der Waals surface area contributed by atoms with Crippen LogP contribution >= 0.6 is 0 Å². The first-order valence-electron chi connectivity index (χ1n) is 7.45. The van der Waals surface area contributed by atoms with Crippen LogP contribution in [0.4, 0.5) is 0 Å². The van der Waals surface area contributed by atoms with Crippen molar-refractivity contribution in [2.45, 2.75) is 78.6 Å². The summed E-state index contributed by atoms with van der Waals surface area (Å²) >= 11 is 0. The summed E-state index contributed by atoms with van der Waals surface area (Å²) in [6.07, 6.45) is 13.5. The van der Waals surface area contributed by atoms with Crippen LogP contribution in [0.5, 0.6) is 0 Å². The average Bonchev–Trinajstić information content (AvgIpc) is 2.73. The smallest absolute Gasteiger partial charge is 0.0438 e. The van der Waals surface area contributed by atoms with Gasteiger partial charge >= 0.3 is 0 Å². The van der Waals surface area contributed by atoms with Crippen LogP contribution in [0, 0.1) is 0 Å². The Labute approximate surface area is 107 Å². The summed E-state index contributed by atoms with van der Waals surface area (Å²) in [5, 5.41) is 4.66. The van der Waals surface area contributed by atoms with Crippen LogP contribution in [0.1, 0.15) is 78.6 Å². The molecule has 17 heavy (non-hydrogen) atoms. The lowest BCUT2D eigenvalue weighted by Crippen LogP contribution is -1.96. The Kier molecular flexibility index (Phi) is 7.07. The van der Waals surface area contributed by atoms with E-state index >= 15 is 0 Å². The summed E-state index contributed by atoms with van der Waals surface area (Å²) < 4.78 is 0. The molecule has 0 bridgehead atoms. The second kappa shape index (κ2) is 8.38. The van der Waals surface area contributed by atoms with E-state index in [1.165, 1.54) is 69.1 Å². The Bertz CT molecular complexity index is 273. The Morgan fingerprint density at radius 1 is 0.824 bits per heavy atom. The van der Waals surface area contributed by atoms with Crippen molar-refractivity contribution in [3.8, 4) is 0 Å². The van der Waals surface area contributed by atoms with Gasteiger partial charge in [-0.3, -0.25) is 5.32 Å². The van der Waals surface area contributed by atoms with E-state index in [-0.39, 0.29) is 0 Å². The molecule has 1 radical (unpaired) electrons. The van der Waals surface area contributed by atoms with Crippen molar-refractivity contribution in [2.24, 2.45) is 0 Å². The van der Waals surface area contributed by atoms with Crippen molar-refractivity contribution in [1.82, 2.24) is 5.32 Å². The standard InChI is InChI=1S/C16H28N/c1-4-7-10-14-13-17-16(12-9-6-3)15(14)11-8-5-2/h13H,4-12H2,1-3H3. The molecule has 1 nitrogen and oxygen atoms in total. The summed E-state index contributed by atoms with van der Waals surface area (Å²) in [5.41, 5.74) is 4.52. The molecule has 0 aromatic heterocycles. The summed E-state index contributed by atoms with van der Waals surface area (Å²) in [6, 6.07) is 0. The lowest BCUT2D eigenvalue weighted by molar-refractivity contribution is 0.724. The van der Waals surface area contributed by atoms with E-state index in [1.807, 2.05) is 0 Å². The molecule has 0 aromatic rings. The number of allylic oxidation sites excluding steroid dienone is 3. The fraction of sp³-hybridized carbons (Fsp3) is 0.750. The molecular weight excluding hydrogens is 206 g/mol. The van der Waals surface area contributed by atoms with Gasteiger partial charge in [-0.1, -0.05) is 40.0 Å². The lowest BCUT2D eigenvalue weighted by atomic mass is 9.95. The van der Waals surface area contributed by atoms with Crippen LogP contribution in [-0.2, 0) is 0 Å². The first-order valence-corrected chi connectivity index (χ1v) is 7.45. The Hall–Kier alpha value is -0.720. The molecule has 1 rings (SSSR count). The van der Waals surface area contributed by atoms with Crippen molar-refractivity contribution in [3.05, 3.63) is 23.0 Å². The molecular formula is C16H28N. The zero-order valence-corrected chi connectivity index (χ0v) is 11.9. The number of rotatable bonds is 9. The number of hydrogen-bond acceptors (Lipinski definition) is 0. The van der Waals surface area contributed by atoms with Crippen molar-refractivity contribution < 1.29 is 0 Å². The fourth-order valence-corrected chi connectivity index (χ4v) is 2.30. The minimum absolute atomic E-state index is 1.18. The molecule has 0 aliphatic carbocycles. The summed E-state index contributed by atoms with van der Waals surface area (Å²) in [4.78, 5) is 0. The third kappa shape index (κ3) is 4.57. The Balaban J connectivity index is 2.60. The molecule has 0 saturated heterocycles. The highest BCUT2D eigenvalue weighted by molar-refractivity contribution is 5.40. The topological polar surface area (TPSA) is 14.1 Å². The van der Waals surface area contributed by atoms with E-state index in [2.05, 4.69) is 32.3 Å². The minimum atomic E-state index is 1.18. The van der Waals surface area contributed by atoms with E-state index in [1.54, 1.807) is 5.57 Å². The van der Waals surface area contributed by atoms with Crippen LogP contribution in [0.2, 0.25) is 0 Å². The summed E-state index contributed by atoms with van der Waals surface area (Å²) in [7, 11) is 0. The number of hydrogen-bond donors (Lipinski definition) is 0. The van der Waals surface area contributed by atoms with Gasteiger partial charge in [-0.2, -0.15) is 0 Å². The average molecular weight is 234 g/mol. The van der Waals surface area contributed by atoms with Gasteiger partial charge in [0.15, 0.2) is 0 Å². The first-order chi connectivity index (χ1) is 8.33. The van der Waals surface area contributed by atoms with Crippen LogP contribution in [0.25, 0.3) is 0 Å². The molecule has 1 heteroatoms. The van der Waals surface area contributed by atoms with E-state index < -0.39 is 0 Å². The molecule has 0 fully saturated rings. The molecule has 97 valence electrons. The van der Waals surface area contributed by atoms with Gasteiger partial charge in [-0.15, -0.1) is 0 Å².